The molecule has 11 nitrogen and oxygen atoms in total. The van der Waals surface area contributed by atoms with Gasteiger partial charge in [0.05, 0.1) is 29.5 Å². The van der Waals surface area contributed by atoms with Crippen molar-refractivity contribution in [2.45, 2.75) is 11.8 Å². The highest BCUT2D eigenvalue weighted by molar-refractivity contribution is 7.89. The number of hydrazone groups is 1. The van der Waals surface area contributed by atoms with E-state index in [2.05, 4.69) is 10.5 Å². The van der Waals surface area contributed by atoms with Gasteiger partial charge >= 0.3 is 0 Å². The molecule has 2 aromatic rings. The summed E-state index contributed by atoms with van der Waals surface area (Å²) in [5, 5.41) is 15.5. The van der Waals surface area contributed by atoms with Crippen molar-refractivity contribution in [2.75, 3.05) is 44.9 Å². The van der Waals surface area contributed by atoms with Crippen LogP contribution in [-0.4, -0.2) is 62.9 Å². The summed E-state index contributed by atoms with van der Waals surface area (Å²) >= 11 is 0. The van der Waals surface area contributed by atoms with Crippen molar-refractivity contribution in [1.82, 2.24) is 4.31 Å². The van der Waals surface area contributed by atoms with E-state index < -0.39 is 14.9 Å². The van der Waals surface area contributed by atoms with Gasteiger partial charge in [0.25, 0.3) is 5.69 Å². The maximum Gasteiger partial charge on any atom is 0.270 e. The molecule has 1 saturated heterocycles. The molecule has 1 N–H and O–H groups in total. The first-order valence-corrected chi connectivity index (χ1v) is 11.4. The van der Waals surface area contributed by atoms with Crippen molar-refractivity contribution >= 4 is 27.1 Å². The van der Waals surface area contributed by atoms with E-state index in [1.807, 2.05) is 6.07 Å². The number of morpholine rings is 1. The monoisotopic (exact) mass is 462 g/mol. The Labute approximate surface area is 184 Å². The lowest BCUT2D eigenvalue weighted by Crippen LogP contribution is -2.40. The van der Waals surface area contributed by atoms with Crippen molar-refractivity contribution < 1.29 is 27.6 Å². The van der Waals surface area contributed by atoms with Gasteiger partial charge in [-0.2, -0.15) is 9.41 Å². The van der Waals surface area contributed by atoms with E-state index in [1.54, 1.807) is 19.1 Å². The van der Waals surface area contributed by atoms with Crippen LogP contribution in [0.15, 0.2) is 46.4 Å². The number of nitrogens with zero attached hydrogens (tertiary/aromatic N) is 3. The number of ether oxygens (including phenoxy) is 3. The van der Waals surface area contributed by atoms with Crippen LogP contribution in [-0.2, 0) is 14.8 Å². The molecule has 0 saturated carbocycles. The largest absolute Gasteiger partial charge is 0.486 e. The minimum absolute atomic E-state index is 0.138. The quantitative estimate of drug-likeness (QED) is 0.393. The third-order valence-corrected chi connectivity index (χ3v) is 7.01. The lowest BCUT2D eigenvalue weighted by atomic mass is 10.1. The Morgan fingerprint density at radius 1 is 1.06 bits per heavy atom. The van der Waals surface area contributed by atoms with Crippen LogP contribution in [0.4, 0.5) is 11.4 Å². The third kappa shape index (κ3) is 4.52. The zero-order chi connectivity index (χ0) is 22.7. The Morgan fingerprint density at radius 2 is 1.78 bits per heavy atom. The molecule has 1 fully saturated rings. The van der Waals surface area contributed by atoms with E-state index in [0.29, 0.717) is 30.4 Å². The van der Waals surface area contributed by atoms with E-state index in [-0.39, 0.29) is 42.6 Å². The van der Waals surface area contributed by atoms with Gasteiger partial charge in [0.1, 0.15) is 18.1 Å². The number of benzene rings is 2. The highest BCUT2D eigenvalue weighted by Gasteiger charge is 2.30. The molecule has 0 spiro atoms. The first-order chi connectivity index (χ1) is 15.4. The average molecular weight is 462 g/mol. The van der Waals surface area contributed by atoms with E-state index in [4.69, 9.17) is 14.2 Å². The average Bonchev–Trinajstić information content (AvgIpc) is 2.82. The first-order valence-electron chi connectivity index (χ1n) is 9.93. The normalized spacial score (nSPS) is 17.1. The second-order valence-electron chi connectivity index (χ2n) is 7.12. The van der Waals surface area contributed by atoms with Gasteiger partial charge in [0, 0.05) is 30.8 Å². The minimum Gasteiger partial charge on any atom is -0.486 e. The molecule has 2 aliphatic rings. The lowest BCUT2D eigenvalue weighted by Gasteiger charge is -2.26. The van der Waals surface area contributed by atoms with Gasteiger partial charge in [0.2, 0.25) is 10.0 Å². The Hall–Kier alpha value is -3.22. The molecule has 0 atom stereocenters. The molecule has 0 bridgehead atoms. The number of nitro benzene ring substituents is 1. The highest BCUT2D eigenvalue weighted by atomic mass is 32.2. The van der Waals surface area contributed by atoms with Crippen molar-refractivity contribution in [2.24, 2.45) is 5.10 Å². The Kier molecular flexibility index (Phi) is 6.26. The number of non-ortho nitro benzene ring substituents is 1. The van der Waals surface area contributed by atoms with E-state index in [0.717, 1.165) is 11.6 Å². The molecule has 0 radical (unpaired) electrons. The maximum atomic E-state index is 13.2. The molecule has 4 rings (SSSR count). The van der Waals surface area contributed by atoms with Crippen LogP contribution in [0, 0.1) is 10.1 Å². The van der Waals surface area contributed by atoms with Crippen molar-refractivity contribution in [1.29, 1.82) is 0 Å². The van der Waals surface area contributed by atoms with Gasteiger partial charge in [-0.3, -0.25) is 15.5 Å². The van der Waals surface area contributed by atoms with E-state index >= 15 is 0 Å². The Morgan fingerprint density at radius 3 is 2.50 bits per heavy atom. The van der Waals surface area contributed by atoms with Crippen LogP contribution >= 0.6 is 0 Å². The van der Waals surface area contributed by atoms with Crippen LogP contribution in [0.2, 0.25) is 0 Å². The summed E-state index contributed by atoms with van der Waals surface area (Å²) in [7, 11) is -3.99. The Bertz CT molecular complexity index is 1160. The van der Waals surface area contributed by atoms with Crippen LogP contribution in [0.1, 0.15) is 12.5 Å². The second-order valence-corrected chi connectivity index (χ2v) is 9.03. The molecule has 0 amide bonds. The first kappa shape index (κ1) is 22.0. The number of sulfonamides is 1. The van der Waals surface area contributed by atoms with Crippen LogP contribution in [0.5, 0.6) is 11.5 Å². The summed E-state index contributed by atoms with van der Waals surface area (Å²) in [6.45, 7) is 3.56. The van der Waals surface area contributed by atoms with Gasteiger partial charge in [-0.1, -0.05) is 0 Å². The van der Waals surface area contributed by atoms with Crippen molar-refractivity contribution in [3.63, 3.8) is 0 Å². The Balaban J connectivity index is 1.65. The van der Waals surface area contributed by atoms with Gasteiger partial charge in [-0.15, -0.1) is 0 Å². The zero-order valence-corrected chi connectivity index (χ0v) is 18.1. The molecule has 0 aromatic heterocycles. The fourth-order valence-electron chi connectivity index (χ4n) is 3.33. The number of nitrogens with one attached hydrogen (secondary N) is 1. The SMILES string of the molecule is CC(=NNc1ccc([N+](=O)[O-])cc1S(=O)(=O)N1CCOCC1)c1ccc2c(c1)OCCO2. The molecule has 12 heteroatoms. The van der Waals surface area contributed by atoms with Crippen LogP contribution in [0.3, 0.4) is 0 Å². The number of rotatable bonds is 6. The molecule has 170 valence electrons. The predicted molar refractivity (Wildman–Crippen MR) is 116 cm³/mol. The number of anilines is 1. The van der Waals surface area contributed by atoms with Crippen LogP contribution in [0.25, 0.3) is 0 Å². The smallest absolute Gasteiger partial charge is 0.270 e. The number of hydrogen-bond donors (Lipinski definition) is 1. The van der Waals surface area contributed by atoms with Crippen LogP contribution < -0.4 is 14.9 Å². The van der Waals surface area contributed by atoms with Gasteiger partial charge in [-0.25, -0.2) is 8.42 Å². The molecule has 2 aromatic carbocycles. The molecule has 0 aliphatic carbocycles. The molecule has 2 aliphatic heterocycles. The lowest BCUT2D eigenvalue weighted by molar-refractivity contribution is -0.385. The van der Waals surface area contributed by atoms with E-state index in [1.165, 1.54) is 16.4 Å². The number of hydrogen-bond acceptors (Lipinski definition) is 9. The molecular formula is C20H22N4O7S. The maximum absolute atomic E-state index is 13.2. The molecule has 2 heterocycles. The molecule has 32 heavy (non-hydrogen) atoms. The van der Waals surface area contributed by atoms with Gasteiger partial charge in [0.15, 0.2) is 11.5 Å². The minimum atomic E-state index is -3.99. The van der Waals surface area contributed by atoms with E-state index in [9.17, 15) is 18.5 Å². The standard InChI is InChI=1S/C20H22N4O7S/c1-14(15-2-5-18-19(12-15)31-11-10-30-18)21-22-17-4-3-16(24(25)26)13-20(17)32(27,28)23-6-8-29-9-7-23/h2-5,12-13,22H,6-11H2,1H3. The predicted octanol–water partition coefficient (Wildman–Crippen LogP) is 2.22. The van der Waals surface area contributed by atoms with Crippen molar-refractivity contribution in [3.8, 4) is 11.5 Å². The fraction of sp³-hybridized carbons (Fsp3) is 0.350. The third-order valence-electron chi connectivity index (χ3n) is 5.07. The summed E-state index contributed by atoms with van der Waals surface area (Å²) in [6.07, 6.45) is 0. The molecular weight excluding hydrogens is 440 g/mol. The molecule has 0 unspecified atom stereocenters. The number of fused-ring (bicyclic) bond motifs is 1. The highest BCUT2D eigenvalue weighted by Crippen LogP contribution is 2.32. The van der Waals surface area contributed by atoms with Gasteiger partial charge < -0.3 is 14.2 Å². The number of nitro groups is 1. The summed E-state index contributed by atoms with van der Waals surface area (Å²) in [5.41, 5.74) is 3.89. The van der Waals surface area contributed by atoms with Gasteiger partial charge in [-0.05, 0) is 31.2 Å². The second kappa shape index (κ2) is 9.10. The summed E-state index contributed by atoms with van der Waals surface area (Å²) in [5.74, 6) is 1.25. The van der Waals surface area contributed by atoms with Crippen molar-refractivity contribution in [3.05, 3.63) is 52.1 Å². The topological polar surface area (TPSA) is 133 Å². The summed E-state index contributed by atoms with van der Waals surface area (Å²) < 4.78 is 43.9. The fourth-order valence-corrected chi connectivity index (χ4v) is 4.90. The summed E-state index contributed by atoms with van der Waals surface area (Å²) in [6, 6.07) is 9.00. The summed E-state index contributed by atoms with van der Waals surface area (Å²) in [4.78, 5) is 10.4. The zero-order valence-electron chi connectivity index (χ0n) is 17.3.